The van der Waals surface area contributed by atoms with Crippen molar-refractivity contribution in [1.29, 1.82) is 0 Å². The first kappa shape index (κ1) is 11.4. The third-order valence-electron chi connectivity index (χ3n) is 2.70. The van der Waals surface area contributed by atoms with Crippen molar-refractivity contribution in [2.24, 2.45) is 0 Å². The second-order valence-corrected chi connectivity index (χ2v) is 5.41. The molecule has 16 heavy (non-hydrogen) atoms. The number of hydrogen-bond acceptors (Lipinski definition) is 4. The molecule has 1 aromatic rings. The van der Waals surface area contributed by atoms with Crippen LogP contribution in [-0.2, 0) is 4.79 Å². The fraction of sp³-hybridized carbons (Fsp3) is 0.700. The van der Waals surface area contributed by atoms with E-state index < -0.39 is 0 Å². The molecular weight excluding hydrogens is 224 g/mol. The molecule has 0 saturated carbocycles. The third kappa shape index (κ3) is 2.37. The van der Waals surface area contributed by atoms with E-state index in [1.807, 2.05) is 4.90 Å². The smallest absolute Gasteiger partial charge is 0.236 e. The summed E-state index contributed by atoms with van der Waals surface area (Å²) in [6.45, 7) is 4.99. The minimum atomic E-state index is 0.00116. The Kier molecular flexibility index (Phi) is 3.48. The number of piperidine rings is 1. The average molecular weight is 240 g/mol. The number of amides is 1. The van der Waals surface area contributed by atoms with Crippen molar-refractivity contribution in [3.05, 3.63) is 6.20 Å². The molecular formula is C10H16N4OS. The standard InChI is InChI=1S/C10H16N4OS/c1-7(2)14-5-3-4-8(10(14)15)16-9-6-11-13-12-9/h6-8H,3-5H2,1-2H3,(H,11,12,13). The Hall–Kier alpha value is -1.04. The summed E-state index contributed by atoms with van der Waals surface area (Å²) in [6.07, 6.45) is 3.66. The monoisotopic (exact) mass is 240 g/mol. The number of nitrogens with one attached hydrogen (secondary N) is 1. The van der Waals surface area contributed by atoms with E-state index in [1.165, 1.54) is 11.8 Å². The molecule has 0 aromatic carbocycles. The first-order valence-corrected chi connectivity index (χ1v) is 6.39. The average Bonchev–Trinajstić information content (AvgIpc) is 2.73. The summed E-state index contributed by atoms with van der Waals surface area (Å²) >= 11 is 1.50. The summed E-state index contributed by atoms with van der Waals surface area (Å²) in [4.78, 5) is 14.1. The second kappa shape index (κ2) is 4.86. The Morgan fingerprint density at radius 3 is 3.06 bits per heavy atom. The number of thioether (sulfide) groups is 1. The van der Waals surface area contributed by atoms with E-state index in [9.17, 15) is 4.79 Å². The predicted octanol–water partition coefficient (Wildman–Crippen LogP) is 1.30. The maximum atomic E-state index is 12.1. The first-order chi connectivity index (χ1) is 7.68. The van der Waals surface area contributed by atoms with Crippen LogP contribution in [0.25, 0.3) is 0 Å². The molecule has 1 unspecified atom stereocenters. The summed E-state index contributed by atoms with van der Waals surface area (Å²) in [5.74, 6) is 0.231. The van der Waals surface area contributed by atoms with Crippen molar-refractivity contribution < 1.29 is 4.79 Å². The summed E-state index contributed by atoms with van der Waals surface area (Å²) < 4.78 is 0. The number of aromatic amines is 1. The van der Waals surface area contributed by atoms with E-state index in [0.717, 1.165) is 24.4 Å². The summed E-state index contributed by atoms with van der Waals surface area (Å²) in [7, 11) is 0. The van der Waals surface area contributed by atoms with Crippen molar-refractivity contribution in [3.8, 4) is 0 Å². The van der Waals surface area contributed by atoms with Gasteiger partial charge in [-0.2, -0.15) is 10.3 Å². The molecule has 1 aliphatic heterocycles. The third-order valence-corrected chi connectivity index (χ3v) is 3.86. The van der Waals surface area contributed by atoms with Gasteiger partial charge in [-0.15, -0.1) is 5.10 Å². The van der Waals surface area contributed by atoms with Gasteiger partial charge < -0.3 is 4.90 Å². The minimum absolute atomic E-state index is 0.00116. The number of carbonyl (C=O) groups is 1. The number of hydrogen-bond donors (Lipinski definition) is 1. The Labute approximate surface area is 99.0 Å². The van der Waals surface area contributed by atoms with Crippen molar-refractivity contribution in [1.82, 2.24) is 20.3 Å². The van der Waals surface area contributed by atoms with Crippen molar-refractivity contribution in [3.63, 3.8) is 0 Å². The Morgan fingerprint density at radius 1 is 1.62 bits per heavy atom. The number of H-pyrrole nitrogens is 1. The van der Waals surface area contributed by atoms with Gasteiger partial charge in [0.25, 0.3) is 0 Å². The number of likely N-dealkylation sites (tertiary alicyclic amines) is 1. The molecule has 1 aliphatic rings. The second-order valence-electron chi connectivity index (χ2n) is 4.18. The topological polar surface area (TPSA) is 61.9 Å². The largest absolute Gasteiger partial charge is 0.339 e. The van der Waals surface area contributed by atoms with Gasteiger partial charge >= 0.3 is 0 Å². The molecule has 1 N–H and O–H groups in total. The predicted molar refractivity (Wildman–Crippen MR) is 62.1 cm³/mol. The summed E-state index contributed by atoms with van der Waals surface area (Å²) in [5, 5.41) is 11.1. The van der Waals surface area contributed by atoms with E-state index in [0.29, 0.717) is 0 Å². The Morgan fingerprint density at radius 2 is 2.44 bits per heavy atom. The van der Waals surface area contributed by atoms with Crippen LogP contribution >= 0.6 is 11.8 Å². The van der Waals surface area contributed by atoms with Gasteiger partial charge in [0.2, 0.25) is 5.91 Å². The number of rotatable bonds is 3. The molecule has 1 atom stereocenters. The van der Waals surface area contributed by atoms with Gasteiger partial charge in [-0.05, 0) is 26.7 Å². The lowest BCUT2D eigenvalue weighted by Crippen LogP contribution is -2.46. The highest BCUT2D eigenvalue weighted by Crippen LogP contribution is 2.29. The molecule has 1 saturated heterocycles. The molecule has 2 rings (SSSR count). The van der Waals surface area contributed by atoms with E-state index >= 15 is 0 Å². The fourth-order valence-corrected chi connectivity index (χ4v) is 2.90. The summed E-state index contributed by atoms with van der Waals surface area (Å²) in [5.41, 5.74) is 0. The molecule has 6 heteroatoms. The van der Waals surface area contributed by atoms with Crippen LogP contribution in [0.15, 0.2) is 11.2 Å². The quantitative estimate of drug-likeness (QED) is 0.865. The van der Waals surface area contributed by atoms with Crippen LogP contribution in [0.5, 0.6) is 0 Å². The van der Waals surface area contributed by atoms with E-state index in [-0.39, 0.29) is 17.2 Å². The maximum absolute atomic E-state index is 12.1. The zero-order valence-electron chi connectivity index (χ0n) is 9.51. The molecule has 0 bridgehead atoms. The molecule has 1 aromatic heterocycles. The normalized spacial score (nSPS) is 21.8. The van der Waals surface area contributed by atoms with Gasteiger partial charge in [-0.3, -0.25) is 4.79 Å². The SMILES string of the molecule is CC(C)N1CCCC(Sc2cn[nH]n2)C1=O. The number of nitrogens with zero attached hydrogens (tertiary/aromatic N) is 3. The summed E-state index contributed by atoms with van der Waals surface area (Å²) in [6, 6.07) is 0.285. The molecule has 88 valence electrons. The highest BCUT2D eigenvalue weighted by molar-refractivity contribution is 8.00. The maximum Gasteiger partial charge on any atom is 0.236 e. The molecule has 0 spiro atoms. The van der Waals surface area contributed by atoms with Crippen LogP contribution in [0.4, 0.5) is 0 Å². The van der Waals surface area contributed by atoms with Gasteiger partial charge in [0.05, 0.1) is 11.4 Å². The molecule has 0 radical (unpaired) electrons. The lowest BCUT2D eigenvalue weighted by atomic mass is 10.1. The number of aromatic nitrogens is 3. The van der Waals surface area contributed by atoms with E-state index in [4.69, 9.17) is 0 Å². The van der Waals surface area contributed by atoms with Crippen molar-refractivity contribution >= 4 is 17.7 Å². The lowest BCUT2D eigenvalue weighted by molar-refractivity contribution is -0.134. The van der Waals surface area contributed by atoms with Crippen molar-refractivity contribution in [2.75, 3.05) is 6.54 Å². The van der Waals surface area contributed by atoms with Crippen LogP contribution in [-0.4, -0.2) is 44.1 Å². The molecule has 2 heterocycles. The van der Waals surface area contributed by atoms with Crippen LogP contribution in [0.2, 0.25) is 0 Å². The Bertz CT molecular complexity index is 352. The zero-order chi connectivity index (χ0) is 11.5. The van der Waals surface area contributed by atoms with Gasteiger partial charge in [0, 0.05) is 12.6 Å². The zero-order valence-corrected chi connectivity index (χ0v) is 10.3. The van der Waals surface area contributed by atoms with Gasteiger partial charge in [0.1, 0.15) is 5.03 Å². The minimum Gasteiger partial charge on any atom is -0.339 e. The Balaban J connectivity index is 2.02. The fourth-order valence-electron chi connectivity index (χ4n) is 1.88. The highest BCUT2D eigenvalue weighted by Gasteiger charge is 2.31. The molecule has 1 amide bonds. The lowest BCUT2D eigenvalue weighted by Gasteiger charge is -2.34. The molecule has 5 nitrogen and oxygen atoms in total. The van der Waals surface area contributed by atoms with Crippen molar-refractivity contribution in [2.45, 2.75) is 43.0 Å². The number of carbonyl (C=O) groups excluding carboxylic acids is 1. The van der Waals surface area contributed by atoms with Gasteiger partial charge in [0.15, 0.2) is 0 Å². The van der Waals surface area contributed by atoms with Gasteiger partial charge in [-0.1, -0.05) is 11.8 Å². The van der Waals surface area contributed by atoms with Crippen LogP contribution in [0, 0.1) is 0 Å². The van der Waals surface area contributed by atoms with E-state index in [1.54, 1.807) is 6.20 Å². The van der Waals surface area contributed by atoms with Gasteiger partial charge in [-0.25, -0.2) is 0 Å². The van der Waals surface area contributed by atoms with Crippen LogP contribution in [0.1, 0.15) is 26.7 Å². The molecule has 0 aliphatic carbocycles. The highest BCUT2D eigenvalue weighted by atomic mass is 32.2. The first-order valence-electron chi connectivity index (χ1n) is 5.51. The van der Waals surface area contributed by atoms with Crippen LogP contribution in [0.3, 0.4) is 0 Å². The molecule has 1 fully saturated rings. The van der Waals surface area contributed by atoms with Crippen LogP contribution < -0.4 is 0 Å². The van der Waals surface area contributed by atoms with E-state index in [2.05, 4.69) is 29.3 Å².